The Balaban J connectivity index is 1.59. The highest BCUT2D eigenvalue weighted by atomic mass is 32.2. The molecular formula is C30H32FN5O2S. The van der Waals surface area contributed by atoms with E-state index in [0.717, 1.165) is 28.7 Å². The molecule has 0 bridgehead atoms. The molecule has 0 spiro atoms. The van der Waals surface area contributed by atoms with Gasteiger partial charge in [0.2, 0.25) is 5.95 Å². The van der Waals surface area contributed by atoms with E-state index in [1.165, 1.54) is 12.3 Å². The van der Waals surface area contributed by atoms with Crippen LogP contribution in [0, 0.1) is 12.7 Å². The summed E-state index contributed by atoms with van der Waals surface area (Å²) in [5, 5.41) is 3.07. The van der Waals surface area contributed by atoms with Crippen molar-refractivity contribution in [2.45, 2.75) is 45.1 Å². The summed E-state index contributed by atoms with van der Waals surface area (Å²) < 4.78 is 27.0. The van der Waals surface area contributed by atoms with E-state index in [9.17, 15) is 9.00 Å². The molecule has 9 heteroatoms. The highest BCUT2D eigenvalue weighted by Gasteiger charge is 2.23. The van der Waals surface area contributed by atoms with Gasteiger partial charge in [-0.3, -0.25) is 9.00 Å². The molecule has 0 saturated heterocycles. The van der Waals surface area contributed by atoms with Crippen LogP contribution >= 0.6 is 0 Å². The van der Waals surface area contributed by atoms with Crippen molar-refractivity contribution in [3.63, 3.8) is 0 Å². The third-order valence-corrected chi connectivity index (χ3v) is 7.43. The summed E-state index contributed by atoms with van der Waals surface area (Å²) in [6, 6.07) is 14.8. The Morgan fingerprint density at radius 1 is 1.03 bits per heavy atom. The smallest absolute Gasteiger partial charge is 0.254 e. The zero-order chi connectivity index (χ0) is 27.9. The molecular weight excluding hydrogens is 513 g/mol. The van der Waals surface area contributed by atoms with Gasteiger partial charge in [0.25, 0.3) is 5.91 Å². The van der Waals surface area contributed by atoms with Crippen LogP contribution < -0.4 is 5.32 Å². The number of aryl methyl sites for hydroxylation is 1. The van der Waals surface area contributed by atoms with Gasteiger partial charge in [0.05, 0.1) is 15.7 Å². The average molecular weight is 546 g/mol. The number of carbonyl (C=O) groups excluding carboxylic acids is 1. The molecule has 2 heterocycles. The standard InChI is InChI=1S/C30H32FN5O2S/c1-5-16-36(29(37)25-11-12-26(39(4)38)28(31)24(25)6-2)19-23-17-21(9-8-20(23)3)22-10-13-27(34-18-22)35-30-32-14-7-15-33-30/h7-15,17-18H,5-6,16,19H2,1-4H3,(H,32,33,34,35). The van der Waals surface area contributed by atoms with Crippen LogP contribution in [0.5, 0.6) is 0 Å². The van der Waals surface area contributed by atoms with E-state index in [1.54, 1.807) is 42.5 Å². The Morgan fingerprint density at radius 2 is 1.77 bits per heavy atom. The maximum atomic E-state index is 15.1. The number of nitrogens with zero attached hydrogens (tertiary/aromatic N) is 4. The summed E-state index contributed by atoms with van der Waals surface area (Å²) in [4.78, 5) is 28.3. The molecule has 1 atom stereocenters. The predicted molar refractivity (Wildman–Crippen MR) is 153 cm³/mol. The van der Waals surface area contributed by atoms with Crippen molar-refractivity contribution in [1.82, 2.24) is 19.9 Å². The molecule has 0 saturated carbocycles. The van der Waals surface area contributed by atoms with Gasteiger partial charge in [-0.1, -0.05) is 26.0 Å². The molecule has 39 heavy (non-hydrogen) atoms. The van der Waals surface area contributed by atoms with Crippen LogP contribution in [0.15, 0.2) is 72.0 Å². The van der Waals surface area contributed by atoms with E-state index >= 15 is 4.39 Å². The largest absolute Gasteiger partial charge is 0.334 e. The Labute approximate surface area is 231 Å². The maximum Gasteiger partial charge on any atom is 0.254 e. The molecule has 4 aromatic rings. The van der Waals surface area contributed by atoms with E-state index in [-0.39, 0.29) is 10.8 Å². The third-order valence-electron chi connectivity index (χ3n) is 6.49. The van der Waals surface area contributed by atoms with E-state index in [0.29, 0.717) is 42.4 Å². The minimum absolute atomic E-state index is 0.125. The lowest BCUT2D eigenvalue weighted by atomic mass is 9.99. The number of hydrogen-bond donors (Lipinski definition) is 1. The normalized spacial score (nSPS) is 11.7. The van der Waals surface area contributed by atoms with Crippen LogP contribution in [0.3, 0.4) is 0 Å². The first-order valence-electron chi connectivity index (χ1n) is 12.9. The van der Waals surface area contributed by atoms with E-state index in [4.69, 9.17) is 0 Å². The highest BCUT2D eigenvalue weighted by molar-refractivity contribution is 7.84. The fourth-order valence-corrected chi connectivity index (χ4v) is 5.04. The minimum Gasteiger partial charge on any atom is -0.334 e. The van der Waals surface area contributed by atoms with Crippen molar-refractivity contribution in [3.05, 3.63) is 95.2 Å². The molecule has 0 aliphatic heterocycles. The van der Waals surface area contributed by atoms with Gasteiger partial charge >= 0.3 is 0 Å². The van der Waals surface area contributed by atoms with Crippen LogP contribution in [-0.2, 0) is 23.8 Å². The van der Waals surface area contributed by atoms with Crippen LogP contribution in [0.4, 0.5) is 16.2 Å². The summed E-state index contributed by atoms with van der Waals surface area (Å²) in [6.07, 6.45) is 7.63. The molecule has 1 unspecified atom stereocenters. The lowest BCUT2D eigenvalue weighted by molar-refractivity contribution is 0.0741. The Kier molecular flexibility index (Phi) is 9.14. The van der Waals surface area contributed by atoms with E-state index in [2.05, 4.69) is 26.3 Å². The number of halogens is 1. The number of aromatic nitrogens is 3. The van der Waals surface area contributed by atoms with Gasteiger partial charge in [0.1, 0.15) is 11.6 Å². The number of pyridine rings is 1. The Bertz CT molecular complexity index is 1480. The molecule has 1 N–H and O–H groups in total. The first-order chi connectivity index (χ1) is 18.8. The second-order valence-electron chi connectivity index (χ2n) is 9.21. The van der Waals surface area contributed by atoms with Gasteiger partial charge in [-0.25, -0.2) is 19.3 Å². The number of rotatable bonds is 10. The van der Waals surface area contributed by atoms with Gasteiger partial charge in [0, 0.05) is 54.6 Å². The maximum absolute atomic E-state index is 15.1. The molecule has 202 valence electrons. The molecule has 4 rings (SSSR count). The van der Waals surface area contributed by atoms with Crippen LogP contribution in [-0.4, -0.2) is 42.8 Å². The average Bonchev–Trinajstić information content (AvgIpc) is 2.94. The fraction of sp³-hybridized carbons (Fsp3) is 0.267. The summed E-state index contributed by atoms with van der Waals surface area (Å²) in [5.41, 5.74) is 4.59. The summed E-state index contributed by atoms with van der Waals surface area (Å²) in [7, 11) is -1.47. The molecule has 2 aromatic heterocycles. The zero-order valence-corrected chi connectivity index (χ0v) is 23.4. The summed E-state index contributed by atoms with van der Waals surface area (Å²) in [5.74, 6) is 0.322. The van der Waals surface area contributed by atoms with Gasteiger partial charge < -0.3 is 10.2 Å². The monoisotopic (exact) mass is 545 g/mol. The lowest BCUT2D eigenvalue weighted by Gasteiger charge is -2.25. The minimum atomic E-state index is -1.47. The zero-order valence-electron chi connectivity index (χ0n) is 22.6. The molecule has 0 radical (unpaired) electrons. The number of hydrogen-bond acceptors (Lipinski definition) is 6. The highest BCUT2D eigenvalue weighted by Crippen LogP contribution is 2.26. The molecule has 0 aliphatic rings. The Morgan fingerprint density at radius 3 is 2.41 bits per heavy atom. The quantitative estimate of drug-likeness (QED) is 0.260. The van der Waals surface area contributed by atoms with Gasteiger partial charge in [0.15, 0.2) is 0 Å². The third kappa shape index (κ3) is 6.54. The van der Waals surface area contributed by atoms with Crippen molar-refractivity contribution in [1.29, 1.82) is 0 Å². The van der Waals surface area contributed by atoms with Crippen LogP contribution in [0.1, 0.15) is 47.3 Å². The fourth-order valence-electron chi connectivity index (χ4n) is 4.40. The predicted octanol–water partition coefficient (Wildman–Crippen LogP) is 6.08. The van der Waals surface area contributed by atoms with Crippen molar-refractivity contribution < 1.29 is 13.4 Å². The molecule has 0 fully saturated rings. The molecule has 1 amide bonds. The van der Waals surface area contributed by atoms with E-state index < -0.39 is 16.6 Å². The molecule has 7 nitrogen and oxygen atoms in total. The second-order valence-corrected chi connectivity index (χ2v) is 10.6. The number of amides is 1. The topological polar surface area (TPSA) is 88.1 Å². The van der Waals surface area contributed by atoms with Gasteiger partial charge in [-0.15, -0.1) is 0 Å². The Hall–Kier alpha value is -3.98. The van der Waals surface area contributed by atoms with Crippen molar-refractivity contribution >= 4 is 28.5 Å². The van der Waals surface area contributed by atoms with Crippen LogP contribution in [0.2, 0.25) is 0 Å². The lowest BCUT2D eigenvalue weighted by Crippen LogP contribution is -2.32. The summed E-state index contributed by atoms with van der Waals surface area (Å²) >= 11 is 0. The van der Waals surface area contributed by atoms with Gasteiger partial charge in [-0.05, 0) is 72.9 Å². The molecule has 0 aliphatic carbocycles. The number of benzene rings is 2. The molecule has 2 aromatic carbocycles. The van der Waals surface area contributed by atoms with Crippen LogP contribution in [0.25, 0.3) is 11.1 Å². The summed E-state index contributed by atoms with van der Waals surface area (Å²) in [6.45, 7) is 6.74. The number of nitrogens with one attached hydrogen (secondary N) is 1. The first-order valence-corrected chi connectivity index (χ1v) is 14.4. The van der Waals surface area contributed by atoms with E-state index in [1.807, 2.05) is 38.1 Å². The SMILES string of the molecule is CCCN(Cc1cc(-c2ccc(Nc3ncccn3)nc2)ccc1C)C(=O)c1ccc(S(C)=O)c(F)c1CC. The number of carbonyl (C=O) groups is 1. The van der Waals surface area contributed by atoms with Crippen molar-refractivity contribution in [2.75, 3.05) is 18.1 Å². The van der Waals surface area contributed by atoms with Crippen molar-refractivity contribution in [2.24, 2.45) is 0 Å². The van der Waals surface area contributed by atoms with Crippen molar-refractivity contribution in [3.8, 4) is 11.1 Å². The van der Waals surface area contributed by atoms with Gasteiger partial charge in [-0.2, -0.15) is 0 Å². The number of anilines is 2. The second kappa shape index (κ2) is 12.7. The first kappa shape index (κ1) is 28.0.